The first kappa shape index (κ1) is 14.6. The van der Waals surface area contributed by atoms with Crippen LogP contribution in [0.3, 0.4) is 0 Å². The van der Waals surface area contributed by atoms with Crippen molar-refractivity contribution in [1.29, 1.82) is 0 Å². The molecule has 0 aliphatic rings. The van der Waals surface area contributed by atoms with Crippen molar-refractivity contribution in [3.8, 4) is 11.5 Å². The first-order chi connectivity index (χ1) is 9.88. The van der Waals surface area contributed by atoms with Gasteiger partial charge in [-0.3, -0.25) is 0 Å². The third-order valence-electron chi connectivity index (χ3n) is 2.83. The molecule has 2 aromatic rings. The molecule has 3 nitrogen and oxygen atoms in total. The summed E-state index contributed by atoms with van der Waals surface area (Å²) in [5.41, 5.74) is 1.20. The molecule has 0 spiro atoms. The third-order valence-corrected chi connectivity index (χ3v) is 2.83. The minimum absolute atomic E-state index is 0.747. The van der Waals surface area contributed by atoms with E-state index in [9.17, 15) is 0 Å². The molecule has 0 heterocycles. The van der Waals surface area contributed by atoms with Crippen LogP contribution < -0.4 is 10.1 Å². The van der Waals surface area contributed by atoms with Gasteiger partial charge in [0.15, 0.2) is 0 Å². The van der Waals surface area contributed by atoms with Crippen LogP contribution in [0.2, 0.25) is 0 Å². The summed E-state index contributed by atoms with van der Waals surface area (Å²) < 4.78 is 11.1. The molecule has 0 aliphatic carbocycles. The number of hydrogen-bond acceptors (Lipinski definition) is 3. The van der Waals surface area contributed by atoms with Crippen molar-refractivity contribution >= 4 is 0 Å². The summed E-state index contributed by atoms with van der Waals surface area (Å²) in [6.07, 6.45) is 0. The van der Waals surface area contributed by atoms with Gasteiger partial charge in [0, 0.05) is 19.7 Å². The number of hydrogen-bond donors (Lipinski definition) is 1. The van der Waals surface area contributed by atoms with E-state index in [4.69, 9.17) is 9.47 Å². The molecule has 0 bridgehead atoms. The van der Waals surface area contributed by atoms with E-state index in [-0.39, 0.29) is 0 Å². The molecular formula is C17H21NO2. The van der Waals surface area contributed by atoms with E-state index in [1.54, 1.807) is 0 Å². The van der Waals surface area contributed by atoms with E-state index >= 15 is 0 Å². The lowest BCUT2D eigenvalue weighted by molar-refractivity contribution is 0.149. The van der Waals surface area contributed by atoms with Gasteiger partial charge in [-0.1, -0.05) is 30.3 Å². The second-order valence-corrected chi connectivity index (χ2v) is 4.44. The van der Waals surface area contributed by atoms with E-state index in [2.05, 4.69) is 17.4 Å². The van der Waals surface area contributed by atoms with E-state index < -0.39 is 0 Å². The molecule has 0 saturated heterocycles. The summed E-state index contributed by atoms with van der Waals surface area (Å²) in [7, 11) is 0. The minimum Gasteiger partial charge on any atom is -0.457 e. The molecule has 20 heavy (non-hydrogen) atoms. The lowest BCUT2D eigenvalue weighted by Gasteiger charge is -2.08. The summed E-state index contributed by atoms with van der Waals surface area (Å²) in [6.45, 7) is 5.19. The molecule has 1 N–H and O–H groups in total. The molecule has 0 aromatic heterocycles. The monoisotopic (exact) mass is 271 g/mol. The van der Waals surface area contributed by atoms with Crippen molar-refractivity contribution in [3.63, 3.8) is 0 Å². The molecule has 0 saturated carbocycles. The third kappa shape index (κ3) is 5.03. The average molecular weight is 271 g/mol. The van der Waals surface area contributed by atoms with Gasteiger partial charge in [-0.05, 0) is 36.8 Å². The topological polar surface area (TPSA) is 30.5 Å². The van der Waals surface area contributed by atoms with E-state index in [0.29, 0.717) is 0 Å². The second kappa shape index (κ2) is 8.35. The largest absolute Gasteiger partial charge is 0.457 e. The molecule has 0 aliphatic heterocycles. The molecule has 0 atom stereocenters. The highest BCUT2D eigenvalue weighted by molar-refractivity contribution is 5.33. The summed E-state index contributed by atoms with van der Waals surface area (Å²) in [5.74, 6) is 1.72. The summed E-state index contributed by atoms with van der Waals surface area (Å²) in [6, 6.07) is 17.9. The van der Waals surface area contributed by atoms with Crippen molar-refractivity contribution in [2.75, 3.05) is 19.8 Å². The van der Waals surface area contributed by atoms with Crippen molar-refractivity contribution in [2.45, 2.75) is 13.5 Å². The molecule has 0 radical (unpaired) electrons. The van der Waals surface area contributed by atoms with Gasteiger partial charge in [-0.15, -0.1) is 0 Å². The molecular weight excluding hydrogens is 250 g/mol. The van der Waals surface area contributed by atoms with Crippen molar-refractivity contribution in [3.05, 3.63) is 60.2 Å². The minimum atomic E-state index is 0.747. The van der Waals surface area contributed by atoms with E-state index in [0.717, 1.165) is 37.8 Å². The Balaban J connectivity index is 1.84. The Morgan fingerprint density at radius 1 is 0.950 bits per heavy atom. The van der Waals surface area contributed by atoms with Gasteiger partial charge in [0.25, 0.3) is 0 Å². The SMILES string of the molecule is CCOCCNCc1cccc(Oc2ccccc2)c1. The van der Waals surface area contributed by atoms with Crippen LogP contribution in [0.15, 0.2) is 54.6 Å². The number of benzene rings is 2. The van der Waals surface area contributed by atoms with E-state index in [1.807, 2.05) is 49.4 Å². The van der Waals surface area contributed by atoms with Gasteiger partial charge in [0.2, 0.25) is 0 Å². The van der Waals surface area contributed by atoms with Crippen LogP contribution >= 0.6 is 0 Å². The molecule has 2 rings (SSSR count). The standard InChI is InChI=1S/C17H21NO2/c1-2-19-12-11-18-14-15-7-6-10-17(13-15)20-16-8-4-3-5-9-16/h3-10,13,18H,2,11-12,14H2,1H3. The quantitative estimate of drug-likeness (QED) is 0.744. The maximum absolute atomic E-state index is 5.81. The second-order valence-electron chi connectivity index (χ2n) is 4.44. The Labute approximate surface area is 120 Å². The highest BCUT2D eigenvalue weighted by Gasteiger charge is 1.98. The van der Waals surface area contributed by atoms with Gasteiger partial charge >= 0.3 is 0 Å². The van der Waals surface area contributed by atoms with Crippen LogP contribution in [-0.4, -0.2) is 19.8 Å². The number of ether oxygens (including phenoxy) is 2. The van der Waals surface area contributed by atoms with Crippen molar-refractivity contribution in [1.82, 2.24) is 5.32 Å². The zero-order valence-corrected chi connectivity index (χ0v) is 11.8. The van der Waals surface area contributed by atoms with Gasteiger partial charge < -0.3 is 14.8 Å². The van der Waals surface area contributed by atoms with Gasteiger partial charge in [0.1, 0.15) is 11.5 Å². The number of nitrogens with one attached hydrogen (secondary N) is 1. The van der Waals surface area contributed by atoms with Gasteiger partial charge in [0.05, 0.1) is 6.61 Å². The zero-order chi connectivity index (χ0) is 14.0. The molecule has 2 aromatic carbocycles. The van der Waals surface area contributed by atoms with Crippen LogP contribution in [-0.2, 0) is 11.3 Å². The zero-order valence-electron chi connectivity index (χ0n) is 11.8. The fraction of sp³-hybridized carbons (Fsp3) is 0.294. The smallest absolute Gasteiger partial charge is 0.127 e. The molecule has 0 amide bonds. The Hall–Kier alpha value is -1.84. The Kier molecular flexibility index (Phi) is 6.08. The molecule has 0 unspecified atom stereocenters. The number of para-hydroxylation sites is 1. The molecule has 106 valence electrons. The lowest BCUT2D eigenvalue weighted by Crippen LogP contribution is -2.19. The Bertz CT molecular complexity index is 499. The summed E-state index contributed by atoms with van der Waals surface area (Å²) >= 11 is 0. The first-order valence-electron chi connectivity index (χ1n) is 6.99. The maximum Gasteiger partial charge on any atom is 0.127 e. The number of rotatable bonds is 8. The first-order valence-corrected chi connectivity index (χ1v) is 6.99. The maximum atomic E-state index is 5.81. The van der Waals surface area contributed by atoms with Crippen LogP contribution in [0, 0.1) is 0 Å². The Morgan fingerprint density at radius 3 is 2.55 bits per heavy atom. The van der Waals surface area contributed by atoms with Crippen LogP contribution in [0.1, 0.15) is 12.5 Å². The van der Waals surface area contributed by atoms with Crippen LogP contribution in [0.5, 0.6) is 11.5 Å². The summed E-state index contributed by atoms with van der Waals surface area (Å²) in [4.78, 5) is 0. The Morgan fingerprint density at radius 2 is 1.75 bits per heavy atom. The van der Waals surface area contributed by atoms with Crippen LogP contribution in [0.25, 0.3) is 0 Å². The highest BCUT2D eigenvalue weighted by atomic mass is 16.5. The van der Waals surface area contributed by atoms with Gasteiger partial charge in [-0.25, -0.2) is 0 Å². The van der Waals surface area contributed by atoms with Gasteiger partial charge in [-0.2, -0.15) is 0 Å². The fourth-order valence-electron chi connectivity index (χ4n) is 1.86. The average Bonchev–Trinajstić information content (AvgIpc) is 2.48. The normalized spacial score (nSPS) is 10.4. The van der Waals surface area contributed by atoms with Crippen LogP contribution in [0.4, 0.5) is 0 Å². The predicted molar refractivity (Wildman–Crippen MR) is 81.2 cm³/mol. The van der Waals surface area contributed by atoms with Crippen molar-refractivity contribution < 1.29 is 9.47 Å². The van der Waals surface area contributed by atoms with E-state index in [1.165, 1.54) is 5.56 Å². The predicted octanol–water partition coefficient (Wildman–Crippen LogP) is 3.61. The van der Waals surface area contributed by atoms with Crippen molar-refractivity contribution in [2.24, 2.45) is 0 Å². The highest BCUT2D eigenvalue weighted by Crippen LogP contribution is 2.21. The fourth-order valence-corrected chi connectivity index (χ4v) is 1.86. The molecule has 3 heteroatoms. The lowest BCUT2D eigenvalue weighted by atomic mass is 10.2. The summed E-state index contributed by atoms with van der Waals surface area (Å²) in [5, 5.41) is 3.35. The molecule has 0 fully saturated rings.